The maximum absolute atomic E-state index is 12.3. The quantitative estimate of drug-likeness (QED) is 0.883. The van der Waals surface area contributed by atoms with Crippen LogP contribution in [-0.2, 0) is 10.0 Å². The number of hydrogen-bond donors (Lipinski definition) is 1. The lowest BCUT2D eigenvalue weighted by Gasteiger charge is -2.15. The van der Waals surface area contributed by atoms with Crippen LogP contribution in [0.2, 0.25) is 0 Å². The van der Waals surface area contributed by atoms with Crippen molar-refractivity contribution in [3.05, 3.63) is 23.8 Å². The molecule has 1 aromatic rings. The van der Waals surface area contributed by atoms with E-state index in [1.807, 2.05) is 0 Å². The number of nitrogens with zero attached hydrogens (tertiary/aromatic N) is 1. The Labute approximate surface area is 119 Å². The van der Waals surface area contributed by atoms with E-state index in [4.69, 9.17) is 4.74 Å². The molecule has 112 valence electrons. The average Bonchev–Trinajstić information content (AvgIpc) is 2.35. The van der Waals surface area contributed by atoms with Crippen molar-refractivity contribution in [2.45, 2.75) is 24.8 Å². The second kappa shape index (κ2) is 6.23. The second-order valence-electron chi connectivity index (χ2n) is 4.84. The predicted molar refractivity (Wildman–Crippen MR) is 76.5 cm³/mol. The molecule has 1 amide bonds. The SMILES string of the molecule is COc1ccc(C(=O)N(C)C)cc1S(=O)(=O)NC(C)C. The molecule has 0 saturated carbocycles. The molecule has 0 aliphatic rings. The van der Waals surface area contributed by atoms with Gasteiger partial charge in [0.2, 0.25) is 10.0 Å². The number of nitrogens with one attached hydrogen (secondary N) is 1. The number of hydrogen-bond acceptors (Lipinski definition) is 4. The van der Waals surface area contributed by atoms with Gasteiger partial charge in [-0.1, -0.05) is 0 Å². The van der Waals surface area contributed by atoms with Gasteiger partial charge in [0, 0.05) is 25.7 Å². The molecule has 0 aliphatic heterocycles. The summed E-state index contributed by atoms with van der Waals surface area (Å²) in [5.41, 5.74) is 0.292. The summed E-state index contributed by atoms with van der Waals surface area (Å²) in [5, 5.41) is 0. The highest BCUT2D eigenvalue weighted by Crippen LogP contribution is 2.25. The number of sulfonamides is 1. The zero-order valence-electron chi connectivity index (χ0n) is 12.3. The van der Waals surface area contributed by atoms with Crippen LogP contribution in [0.3, 0.4) is 0 Å². The smallest absolute Gasteiger partial charge is 0.253 e. The van der Waals surface area contributed by atoms with Crippen molar-refractivity contribution < 1.29 is 17.9 Å². The van der Waals surface area contributed by atoms with Crippen molar-refractivity contribution in [3.63, 3.8) is 0 Å². The van der Waals surface area contributed by atoms with Crippen LogP contribution in [0.4, 0.5) is 0 Å². The van der Waals surface area contributed by atoms with Crippen molar-refractivity contribution in [2.75, 3.05) is 21.2 Å². The first-order valence-electron chi connectivity index (χ1n) is 6.11. The topological polar surface area (TPSA) is 75.7 Å². The third kappa shape index (κ3) is 3.71. The predicted octanol–water partition coefficient (Wildman–Crippen LogP) is 1.08. The summed E-state index contributed by atoms with van der Waals surface area (Å²) < 4.78 is 32.0. The molecule has 0 heterocycles. The first kappa shape index (κ1) is 16.5. The van der Waals surface area contributed by atoms with Gasteiger partial charge in [-0.25, -0.2) is 13.1 Å². The lowest BCUT2D eigenvalue weighted by Crippen LogP contribution is -2.31. The Bertz CT molecular complexity index is 594. The van der Waals surface area contributed by atoms with Crippen molar-refractivity contribution >= 4 is 15.9 Å². The van der Waals surface area contributed by atoms with E-state index in [1.54, 1.807) is 27.9 Å². The molecule has 1 aromatic carbocycles. The van der Waals surface area contributed by atoms with Crippen LogP contribution in [0.5, 0.6) is 5.75 Å². The number of ether oxygens (including phenoxy) is 1. The fraction of sp³-hybridized carbons (Fsp3) is 0.462. The maximum atomic E-state index is 12.3. The Kier molecular flexibility index (Phi) is 5.13. The minimum Gasteiger partial charge on any atom is -0.495 e. The van der Waals surface area contributed by atoms with Gasteiger partial charge in [0.25, 0.3) is 5.91 Å². The first-order chi connectivity index (χ1) is 9.19. The average molecular weight is 300 g/mol. The first-order valence-corrected chi connectivity index (χ1v) is 7.59. The van der Waals surface area contributed by atoms with E-state index in [-0.39, 0.29) is 22.6 Å². The Morgan fingerprint density at radius 2 is 1.90 bits per heavy atom. The van der Waals surface area contributed by atoms with Gasteiger partial charge >= 0.3 is 0 Å². The van der Waals surface area contributed by atoms with E-state index in [0.717, 1.165) is 0 Å². The molecule has 1 N–H and O–H groups in total. The lowest BCUT2D eigenvalue weighted by atomic mass is 10.2. The largest absolute Gasteiger partial charge is 0.495 e. The van der Waals surface area contributed by atoms with Crippen molar-refractivity contribution in [3.8, 4) is 5.75 Å². The Morgan fingerprint density at radius 3 is 2.35 bits per heavy atom. The fourth-order valence-electron chi connectivity index (χ4n) is 1.65. The molecule has 0 fully saturated rings. The highest BCUT2D eigenvalue weighted by molar-refractivity contribution is 7.89. The Morgan fingerprint density at radius 1 is 1.30 bits per heavy atom. The molecule has 0 unspecified atom stereocenters. The molecule has 0 radical (unpaired) electrons. The van der Waals surface area contributed by atoms with Crippen molar-refractivity contribution in [1.82, 2.24) is 9.62 Å². The number of amides is 1. The Hall–Kier alpha value is -1.60. The number of methoxy groups -OCH3 is 1. The van der Waals surface area contributed by atoms with E-state index in [1.165, 1.54) is 30.2 Å². The molecule has 0 atom stereocenters. The fourth-order valence-corrected chi connectivity index (χ4v) is 3.10. The molecule has 0 aliphatic carbocycles. The van der Waals surface area contributed by atoms with Crippen LogP contribution in [0.15, 0.2) is 23.1 Å². The van der Waals surface area contributed by atoms with E-state index in [2.05, 4.69) is 4.72 Å². The van der Waals surface area contributed by atoms with Gasteiger partial charge in [-0.05, 0) is 32.0 Å². The molecule has 0 bridgehead atoms. The van der Waals surface area contributed by atoms with Crippen LogP contribution >= 0.6 is 0 Å². The zero-order chi connectivity index (χ0) is 15.5. The van der Waals surface area contributed by atoms with E-state index < -0.39 is 10.0 Å². The minimum absolute atomic E-state index is 0.0404. The highest BCUT2D eigenvalue weighted by atomic mass is 32.2. The number of rotatable bonds is 5. The summed E-state index contributed by atoms with van der Waals surface area (Å²) in [7, 11) is 0.865. The van der Waals surface area contributed by atoms with Crippen LogP contribution < -0.4 is 9.46 Å². The summed E-state index contributed by atoms with van der Waals surface area (Å²) in [6.07, 6.45) is 0. The zero-order valence-corrected chi connectivity index (χ0v) is 13.1. The lowest BCUT2D eigenvalue weighted by molar-refractivity contribution is 0.0827. The minimum atomic E-state index is -3.73. The van der Waals surface area contributed by atoms with Crippen molar-refractivity contribution in [2.24, 2.45) is 0 Å². The third-order valence-electron chi connectivity index (χ3n) is 2.50. The normalized spacial score (nSPS) is 11.5. The molecule has 1 rings (SSSR count). The maximum Gasteiger partial charge on any atom is 0.253 e. The van der Waals surface area contributed by atoms with E-state index in [9.17, 15) is 13.2 Å². The monoisotopic (exact) mass is 300 g/mol. The Balaban J connectivity index is 3.36. The summed E-state index contributed by atoms with van der Waals surface area (Å²) >= 11 is 0. The molecule has 0 aromatic heterocycles. The van der Waals surface area contributed by atoms with Gasteiger partial charge in [0.15, 0.2) is 0 Å². The molecular formula is C13H20N2O4S. The van der Waals surface area contributed by atoms with Crippen LogP contribution in [-0.4, -0.2) is 46.5 Å². The van der Waals surface area contributed by atoms with E-state index in [0.29, 0.717) is 5.56 Å². The summed E-state index contributed by atoms with van der Waals surface area (Å²) in [5.74, 6) is -0.0675. The second-order valence-corrected chi connectivity index (χ2v) is 6.52. The van der Waals surface area contributed by atoms with Crippen molar-refractivity contribution in [1.29, 1.82) is 0 Å². The van der Waals surface area contributed by atoms with Gasteiger partial charge in [-0.15, -0.1) is 0 Å². The summed E-state index contributed by atoms with van der Waals surface area (Å²) in [4.78, 5) is 13.3. The third-order valence-corrected chi connectivity index (χ3v) is 4.18. The number of benzene rings is 1. The number of carbonyl (C=O) groups is 1. The van der Waals surface area contributed by atoms with Crippen LogP contribution in [0.1, 0.15) is 24.2 Å². The van der Waals surface area contributed by atoms with Gasteiger partial charge in [0.05, 0.1) is 7.11 Å². The van der Waals surface area contributed by atoms with Gasteiger partial charge in [-0.3, -0.25) is 4.79 Å². The molecule has 7 heteroatoms. The molecule has 20 heavy (non-hydrogen) atoms. The molecule has 0 saturated heterocycles. The van der Waals surface area contributed by atoms with Crippen LogP contribution in [0.25, 0.3) is 0 Å². The summed E-state index contributed by atoms with van der Waals surface area (Å²) in [6, 6.07) is 4.09. The van der Waals surface area contributed by atoms with Gasteiger partial charge < -0.3 is 9.64 Å². The van der Waals surface area contributed by atoms with Crippen LogP contribution in [0, 0.1) is 0 Å². The standard InChI is InChI=1S/C13H20N2O4S/c1-9(2)14-20(17,18)12-8-10(13(16)15(3)4)6-7-11(12)19-5/h6-9,14H,1-5H3. The molecule has 0 spiro atoms. The van der Waals surface area contributed by atoms with Gasteiger partial charge in [-0.2, -0.15) is 0 Å². The molecular weight excluding hydrogens is 280 g/mol. The molecule has 6 nitrogen and oxygen atoms in total. The van der Waals surface area contributed by atoms with Gasteiger partial charge in [0.1, 0.15) is 10.6 Å². The highest BCUT2D eigenvalue weighted by Gasteiger charge is 2.22. The number of carbonyl (C=O) groups excluding carboxylic acids is 1. The van der Waals surface area contributed by atoms with E-state index >= 15 is 0 Å². The summed E-state index contributed by atoms with van der Waals surface area (Å²) in [6.45, 7) is 3.44.